The molecule has 1 aromatic heterocycles. The smallest absolute Gasteiger partial charge is 0.341 e. The topological polar surface area (TPSA) is 59.4 Å². The number of nitrogens with zero attached hydrogens (tertiary/aromatic N) is 1. The zero-order valence-electron chi connectivity index (χ0n) is 7.14. The Balaban J connectivity index is 2.22. The molecule has 0 saturated carbocycles. The Kier molecular flexibility index (Phi) is 2.32. The Morgan fingerprint density at radius 3 is 3.00 bits per heavy atom. The Bertz CT molecular complexity index is 433. The van der Waals surface area contributed by atoms with Crippen LogP contribution in [0.2, 0.25) is 0 Å². The number of hydrogen-bond acceptors (Lipinski definition) is 4. The van der Waals surface area contributed by atoms with Crippen LogP contribution in [0, 0.1) is 0 Å². The van der Waals surface area contributed by atoms with Crippen LogP contribution in [0.25, 0.3) is 10.2 Å². The summed E-state index contributed by atoms with van der Waals surface area (Å²) in [6, 6.07) is 7.56. The summed E-state index contributed by atoms with van der Waals surface area (Å²) in [5.74, 6) is -0.996. The second-order valence-corrected chi connectivity index (χ2v) is 3.62. The van der Waals surface area contributed by atoms with Crippen molar-refractivity contribution in [2.75, 3.05) is 6.61 Å². The summed E-state index contributed by atoms with van der Waals surface area (Å²) in [6.45, 7) is -0.347. The molecule has 0 aliphatic rings. The third-order valence-electron chi connectivity index (χ3n) is 1.59. The molecule has 72 valence electrons. The number of ether oxygens (including phenoxy) is 1. The van der Waals surface area contributed by atoms with E-state index in [2.05, 4.69) is 4.98 Å². The predicted octanol–water partition coefficient (Wildman–Crippen LogP) is 1.76. The van der Waals surface area contributed by atoms with E-state index in [1.54, 1.807) is 0 Å². The number of carboxylic acid groups (broad SMARTS) is 1. The van der Waals surface area contributed by atoms with E-state index < -0.39 is 5.97 Å². The van der Waals surface area contributed by atoms with E-state index in [-0.39, 0.29) is 6.61 Å². The molecular weight excluding hydrogens is 202 g/mol. The van der Waals surface area contributed by atoms with Gasteiger partial charge < -0.3 is 9.84 Å². The molecule has 2 rings (SSSR count). The fraction of sp³-hybridized carbons (Fsp3) is 0.111. The number of aliphatic carboxylic acids is 1. The highest BCUT2D eigenvalue weighted by Crippen LogP contribution is 2.26. The van der Waals surface area contributed by atoms with Crippen LogP contribution in [0.3, 0.4) is 0 Å². The molecule has 0 saturated heterocycles. The van der Waals surface area contributed by atoms with E-state index in [1.807, 2.05) is 24.3 Å². The maximum atomic E-state index is 10.2. The summed E-state index contributed by atoms with van der Waals surface area (Å²) in [5, 5.41) is 8.80. The molecule has 0 radical (unpaired) electrons. The molecule has 0 spiro atoms. The van der Waals surface area contributed by atoms with E-state index in [9.17, 15) is 4.79 Å². The van der Waals surface area contributed by atoms with Crippen LogP contribution in [-0.4, -0.2) is 22.7 Å². The van der Waals surface area contributed by atoms with Gasteiger partial charge in [0, 0.05) is 0 Å². The number of para-hydroxylation sites is 1. The van der Waals surface area contributed by atoms with Crippen LogP contribution in [-0.2, 0) is 4.79 Å². The lowest BCUT2D eigenvalue weighted by atomic mass is 10.3. The van der Waals surface area contributed by atoms with Crippen molar-refractivity contribution >= 4 is 27.5 Å². The minimum Gasteiger partial charge on any atom is -0.479 e. The molecular formula is C9H7NO3S. The Morgan fingerprint density at radius 1 is 1.50 bits per heavy atom. The number of hydrogen-bond donors (Lipinski definition) is 1. The number of aromatic nitrogens is 1. The van der Waals surface area contributed by atoms with E-state index in [1.165, 1.54) is 11.3 Å². The summed E-state index contributed by atoms with van der Waals surface area (Å²) >= 11 is 1.34. The van der Waals surface area contributed by atoms with Gasteiger partial charge >= 0.3 is 5.97 Å². The first-order valence-electron chi connectivity index (χ1n) is 3.96. The summed E-state index contributed by atoms with van der Waals surface area (Å²) < 4.78 is 5.95. The van der Waals surface area contributed by atoms with Gasteiger partial charge in [-0.15, -0.1) is 0 Å². The lowest BCUT2D eigenvalue weighted by Gasteiger charge is -1.94. The summed E-state index contributed by atoms with van der Waals surface area (Å²) in [5.41, 5.74) is 0.831. The second kappa shape index (κ2) is 3.63. The number of benzene rings is 1. The van der Waals surface area contributed by atoms with Crippen LogP contribution in [0.1, 0.15) is 0 Å². The normalized spacial score (nSPS) is 10.3. The lowest BCUT2D eigenvalue weighted by molar-refractivity contribution is -0.139. The first-order valence-corrected chi connectivity index (χ1v) is 4.77. The minimum atomic E-state index is -0.996. The quantitative estimate of drug-likeness (QED) is 0.836. The maximum Gasteiger partial charge on any atom is 0.341 e. The molecule has 4 nitrogen and oxygen atoms in total. The zero-order valence-corrected chi connectivity index (χ0v) is 7.95. The monoisotopic (exact) mass is 209 g/mol. The third-order valence-corrected chi connectivity index (χ3v) is 2.54. The van der Waals surface area contributed by atoms with Gasteiger partial charge in [-0.3, -0.25) is 0 Å². The molecule has 0 bridgehead atoms. The fourth-order valence-corrected chi connectivity index (χ4v) is 1.85. The molecule has 2 aromatic rings. The summed E-state index contributed by atoms with van der Waals surface area (Å²) in [7, 11) is 0. The highest BCUT2D eigenvalue weighted by atomic mass is 32.1. The van der Waals surface area contributed by atoms with Gasteiger partial charge in [0.05, 0.1) is 10.2 Å². The van der Waals surface area contributed by atoms with Crippen molar-refractivity contribution in [2.24, 2.45) is 0 Å². The fourth-order valence-electron chi connectivity index (χ4n) is 1.04. The van der Waals surface area contributed by atoms with Crippen molar-refractivity contribution < 1.29 is 14.6 Å². The highest BCUT2D eigenvalue weighted by molar-refractivity contribution is 7.20. The standard InChI is InChI=1S/C9H7NO3S/c11-8(12)5-13-9-10-6-3-1-2-4-7(6)14-9/h1-4H,5H2,(H,11,12). The van der Waals surface area contributed by atoms with Crippen molar-refractivity contribution in [1.29, 1.82) is 0 Å². The summed E-state index contributed by atoms with van der Waals surface area (Å²) in [6.07, 6.45) is 0. The van der Waals surface area contributed by atoms with Gasteiger partial charge in [-0.05, 0) is 12.1 Å². The molecule has 0 aliphatic carbocycles. The lowest BCUT2D eigenvalue weighted by Crippen LogP contribution is -2.08. The van der Waals surface area contributed by atoms with Gasteiger partial charge in [-0.2, -0.15) is 0 Å². The van der Waals surface area contributed by atoms with Crippen LogP contribution in [0.4, 0.5) is 0 Å². The van der Waals surface area contributed by atoms with Gasteiger partial charge in [0.25, 0.3) is 5.19 Å². The Morgan fingerprint density at radius 2 is 2.29 bits per heavy atom. The number of fused-ring (bicyclic) bond motifs is 1. The molecule has 1 N–H and O–H groups in total. The van der Waals surface area contributed by atoms with Gasteiger partial charge in [0.15, 0.2) is 6.61 Å². The van der Waals surface area contributed by atoms with Gasteiger partial charge in [-0.25, -0.2) is 9.78 Å². The zero-order chi connectivity index (χ0) is 9.97. The minimum absolute atomic E-state index is 0.347. The van der Waals surface area contributed by atoms with E-state index in [0.29, 0.717) is 5.19 Å². The average molecular weight is 209 g/mol. The predicted molar refractivity (Wildman–Crippen MR) is 52.8 cm³/mol. The molecule has 1 aromatic carbocycles. The van der Waals surface area contributed by atoms with Crippen molar-refractivity contribution in [3.05, 3.63) is 24.3 Å². The van der Waals surface area contributed by atoms with Crippen molar-refractivity contribution in [3.8, 4) is 5.19 Å². The first-order chi connectivity index (χ1) is 6.75. The molecule has 14 heavy (non-hydrogen) atoms. The molecule has 1 heterocycles. The Hall–Kier alpha value is -1.62. The number of thiazole rings is 1. The molecule has 0 unspecified atom stereocenters. The molecule has 0 aliphatic heterocycles. The van der Waals surface area contributed by atoms with Gasteiger partial charge in [-0.1, -0.05) is 23.5 Å². The number of rotatable bonds is 3. The highest BCUT2D eigenvalue weighted by Gasteiger charge is 2.05. The largest absolute Gasteiger partial charge is 0.479 e. The van der Waals surface area contributed by atoms with Crippen LogP contribution >= 0.6 is 11.3 Å². The van der Waals surface area contributed by atoms with Crippen LogP contribution < -0.4 is 4.74 Å². The van der Waals surface area contributed by atoms with Crippen LogP contribution in [0.5, 0.6) is 5.19 Å². The van der Waals surface area contributed by atoms with Crippen molar-refractivity contribution in [1.82, 2.24) is 4.98 Å². The van der Waals surface area contributed by atoms with E-state index in [4.69, 9.17) is 9.84 Å². The van der Waals surface area contributed by atoms with Crippen molar-refractivity contribution in [3.63, 3.8) is 0 Å². The second-order valence-electron chi connectivity index (χ2n) is 2.63. The number of carbonyl (C=O) groups is 1. The third kappa shape index (κ3) is 1.82. The maximum absolute atomic E-state index is 10.2. The van der Waals surface area contributed by atoms with Crippen molar-refractivity contribution in [2.45, 2.75) is 0 Å². The molecule has 0 atom stereocenters. The molecule has 0 fully saturated rings. The molecule has 0 amide bonds. The Labute approximate surface area is 83.8 Å². The molecule has 5 heteroatoms. The number of carboxylic acids is 1. The van der Waals surface area contributed by atoms with E-state index in [0.717, 1.165) is 10.2 Å². The van der Waals surface area contributed by atoms with Crippen LogP contribution in [0.15, 0.2) is 24.3 Å². The summed E-state index contributed by atoms with van der Waals surface area (Å²) in [4.78, 5) is 14.4. The average Bonchev–Trinajstić information content (AvgIpc) is 2.57. The van der Waals surface area contributed by atoms with Gasteiger partial charge in [0.1, 0.15) is 0 Å². The SMILES string of the molecule is O=C(O)COc1nc2ccccc2s1. The van der Waals surface area contributed by atoms with E-state index >= 15 is 0 Å². The first kappa shape index (κ1) is 8.96. The van der Waals surface area contributed by atoms with Gasteiger partial charge in [0.2, 0.25) is 0 Å².